The Labute approximate surface area is 126 Å². The molecule has 0 radical (unpaired) electrons. The zero-order chi connectivity index (χ0) is 15.1. The van der Waals surface area contributed by atoms with Gasteiger partial charge >= 0.3 is 0 Å². The normalized spacial score (nSPS) is 22.0. The topological polar surface area (TPSA) is 47.6 Å². The molecular weight excluding hydrogens is 266 g/mol. The quantitative estimate of drug-likeness (QED) is 0.876. The molecule has 1 fully saturated rings. The van der Waals surface area contributed by atoms with E-state index in [1.54, 1.807) is 7.11 Å². The summed E-state index contributed by atoms with van der Waals surface area (Å²) in [4.78, 5) is 12.4. The maximum atomic E-state index is 12.4. The molecule has 1 aliphatic rings. The lowest BCUT2D eigenvalue weighted by molar-refractivity contribution is -0.134. The second-order valence-corrected chi connectivity index (χ2v) is 5.49. The number of hydrogen-bond acceptors (Lipinski definition) is 3. The van der Waals surface area contributed by atoms with Crippen LogP contribution in [0.4, 0.5) is 0 Å². The highest BCUT2D eigenvalue weighted by Gasteiger charge is 2.30. The highest BCUT2D eigenvalue weighted by Crippen LogP contribution is 2.23. The highest BCUT2D eigenvalue weighted by atomic mass is 16.5. The second kappa shape index (κ2) is 8.15. The maximum Gasteiger partial charge on any atom is 0.225 e. The Morgan fingerprint density at radius 2 is 2.14 bits per heavy atom. The predicted octanol–water partition coefficient (Wildman–Crippen LogP) is 2.65. The van der Waals surface area contributed by atoms with Gasteiger partial charge in [0, 0.05) is 20.3 Å². The van der Waals surface area contributed by atoms with Crippen LogP contribution in [0.5, 0.6) is 0 Å². The van der Waals surface area contributed by atoms with E-state index >= 15 is 0 Å². The van der Waals surface area contributed by atoms with Crippen LogP contribution in [0.2, 0.25) is 0 Å². The first kappa shape index (κ1) is 16.0. The van der Waals surface area contributed by atoms with E-state index in [1.165, 1.54) is 0 Å². The van der Waals surface area contributed by atoms with Gasteiger partial charge in [-0.15, -0.1) is 0 Å². The first-order valence-electron chi connectivity index (χ1n) is 7.71. The first-order chi connectivity index (χ1) is 10.3. The minimum absolute atomic E-state index is 0.0154. The monoisotopic (exact) mass is 291 g/mol. The van der Waals surface area contributed by atoms with Crippen molar-refractivity contribution in [2.24, 2.45) is 5.92 Å². The average molecular weight is 291 g/mol. The molecule has 2 atom stereocenters. The van der Waals surface area contributed by atoms with Crippen molar-refractivity contribution < 1.29 is 14.3 Å². The number of carbonyl (C=O) groups excluding carboxylic acids is 1. The van der Waals surface area contributed by atoms with E-state index in [-0.39, 0.29) is 17.9 Å². The SMILES string of the molecule is CCC1OCCCC1C(=O)NCc1ccccc1COC. The molecule has 1 aliphatic heterocycles. The molecule has 4 heteroatoms. The van der Waals surface area contributed by atoms with E-state index in [0.717, 1.165) is 37.0 Å². The zero-order valence-electron chi connectivity index (χ0n) is 12.9. The number of carbonyl (C=O) groups is 1. The van der Waals surface area contributed by atoms with Gasteiger partial charge in [0.05, 0.1) is 18.6 Å². The van der Waals surface area contributed by atoms with E-state index in [1.807, 2.05) is 24.3 Å². The highest BCUT2D eigenvalue weighted by molar-refractivity contribution is 5.79. The van der Waals surface area contributed by atoms with E-state index in [2.05, 4.69) is 12.2 Å². The van der Waals surface area contributed by atoms with Gasteiger partial charge in [-0.2, -0.15) is 0 Å². The lowest BCUT2D eigenvalue weighted by Crippen LogP contribution is -2.41. The van der Waals surface area contributed by atoms with Crippen molar-refractivity contribution in [1.82, 2.24) is 5.32 Å². The molecule has 0 spiro atoms. The van der Waals surface area contributed by atoms with Gasteiger partial charge in [-0.1, -0.05) is 31.2 Å². The molecule has 1 saturated heterocycles. The van der Waals surface area contributed by atoms with E-state index in [9.17, 15) is 4.79 Å². The van der Waals surface area contributed by atoms with Crippen LogP contribution in [-0.2, 0) is 27.4 Å². The summed E-state index contributed by atoms with van der Waals surface area (Å²) in [6.07, 6.45) is 2.84. The van der Waals surface area contributed by atoms with Crippen molar-refractivity contribution in [3.05, 3.63) is 35.4 Å². The third-order valence-electron chi connectivity index (χ3n) is 4.05. The summed E-state index contributed by atoms with van der Waals surface area (Å²) in [5, 5.41) is 3.06. The lowest BCUT2D eigenvalue weighted by Gasteiger charge is -2.30. The smallest absolute Gasteiger partial charge is 0.225 e. The molecule has 116 valence electrons. The summed E-state index contributed by atoms with van der Waals surface area (Å²) in [5.74, 6) is 0.0899. The number of rotatable bonds is 6. The molecule has 0 bridgehead atoms. The Hall–Kier alpha value is -1.39. The summed E-state index contributed by atoms with van der Waals surface area (Å²) in [6, 6.07) is 8.04. The fourth-order valence-corrected chi connectivity index (χ4v) is 2.88. The van der Waals surface area contributed by atoms with Gasteiger partial charge in [-0.25, -0.2) is 0 Å². The fraction of sp³-hybridized carbons (Fsp3) is 0.588. The number of ether oxygens (including phenoxy) is 2. The van der Waals surface area contributed by atoms with Gasteiger partial charge in [0.15, 0.2) is 0 Å². The van der Waals surface area contributed by atoms with Crippen molar-refractivity contribution in [3.8, 4) is 0 Å². The summed E-state index contributed by atoms with van der Waals surface area (Å²) in [6.45, 7) is 3.96. The fourth-order valence-electron chi connectivity index (χ4n) is 2.88. The Morgan fingerprint density at radius 1 is 1.38 bits per heavy atom. The third kappa shape index (κ3) is 4.29. The molecule has 1 N–H and O–H groups in total. The molecule has 2 rings (SSSR count). The molecule has 1 aromatic carbocycles. The minimum Gasteiger partial charge on any atom is -0.380 e. The molecule has 1 aromatic rings. The van der Waals surface area contributed by atoms with Crippen molar-refractivity contribution in [3.63, 3.8) is 0 Å². The molecule has 2 unspecified atom stereocenters. The van der Waals surface area contributed by atoms with Gasteiger partial charge in [0.25, 0.3) is 0 Å². The molecule has 21 heavy (non-hydrogen) atoms. The second-order valence-electron chi connectivity index (χ2n) is 5.49. The van der Waals surface area contributed by atoms with Gasteiger partial charge in [-0.05, 0) is 30.4 Å². The van der Waals surface area contributed by atoms with Gasteiger partial charge in [-0.3, -0.25) is 4.79 Å². The molecule has 1 heterocycles. The summed E-state index contributed by atoms with van der Waals surface area (Å²) in [7, 11) is 1.68. The lowest BCUT2D eigenvalue weighted by atomic mass is 9.91. The number of amides is 1. The van der Waals surface area contributed by atoms with Crippen LogP contribution in [0, 0.1) is 5.92 Å². The Morgan fingerprint density at radius 3 is 2.86 bits per heavy atom. The van der Waals surface area contributed by atoms with Crippen molar-refractivity contribution >= 4 is 5.91 Å². The predicted molar refractivity (Wildman–Crippen MR) is 81.8 cm³/mol. The van der Waals surface area contributed by atoms with Crippen LogP contribution in [0.25, 0.3) is 0 Å². The van der Waals surface area contributed by atoms with Crippen molar-refractivity contribution in [1.29, 1.82) is 0 Å². The number of methoxy groups -OCH3 is 1. The van der Waals surface area contributed by atoms with Crippen molar-refractivity contribution in [2.45, 2.75) is 45.4 Å². The van der Waals surface area contributed by atoms with Crippen LogP contribution in [0.1, 0.15) is 37.3 Å². The van der Waals surface area contributed by atoms with E-state index < -0.39 is 0 Å². The molecule has 0 saturated carbocycles. The number of hydrogen-bond donors (Lipinski definition) is 1. The van der Waals surface area contributed by atoms with Crippen molar-refractivity contribution in [2.75, 3.05) is 13.7 Å². The largest absolute Gasteiger partial charge is 0.380 e. The molecule has 1 amide bonds. The summed E-state index contributed by atoms with van der Waals surface area (Å²) < 4.78 is 10.9. The molecule has 4 nitrogen and oxygen atoms in total. The molecule has 0 aliphatic carbocycles. The average Bonchev–Trinajstić information content (AvgIpc) is 2.54. The van der Waals surface area contributed by atoms with E-state index in [0.29, 0.717) is 13.2 Å². The Balaban J connectivity index is 1.94. The van der Waals surface area contributed by atoms with Gasteiger partial charge in [0.2, 0.25) is 5.91 Å². The minimum atomic E-state index is -0.0154. The van der Waals surface area contributed by atoms with E-state index in [4.69, 9.17) is 9.47 Å². The van der Waals surface area contributed by atoms with Crippen LogP contribution >= 0.6 is 0 Å². The number of nitrogens with one attached hydrogen (secondary N) is 1. The van der Waals surface area contributed by atoms with Crippen LogP contribution < -0.4 is 5.32 Å². The first-order valence-corrected chi connectivity index (χ1v) is 7.71. The number of benzene rings is 1. The summed E-state index contributed by atoms with van der Waals surface area (Å²) in [5.41, 5.74) is 2.23. The van der Waals surface area contributed by atoms with Crippen LogP contribution in [0.15, 0.2) is 24.3 Å². The maximum absolute atomic E-state index is 12.4. The van der Waals surface area contributed by atoms with Crippen LogP contribution in [-0.4, -0.2) is 25.7 Å². The Kier molecular flexibility index (Phi) is 6.21. The standard InChI is InChI=1S/C17H25NO3/c1-3-16-15(9-6-10-21-16)17(19)18-11-13-7-4-5-8-14(13)12-20-2/h4-5,7-8,15-16H,3,6,9-12H2,1-2H3,(H,18,19). The molecular formula is C17H25NO3. The van der Waals surface area contributed by atoms with Crippen LogP contribution in [0.3, 0.4) is 0 Å². The molecule has 0 aromatic heterocycles. The van der Waals surface area contributed by atoms with Gasteiger partial charge in [0.1, 0.15) is 0 Å². The summed E-state index contributed by atoms with van der Waals surface area (Å²) >= 11 is 0. The zero-order valence-corrected chi connectivity index (χ0v) is 12.9. The van der Waals surface area contributed by atoms with Gasteiger partial charge < -0.3 is 14.8 Å². The Bertz CT molecular complexity index is 461. The third-order valence-corrected chi connectivity index (χ3v) is 4.05.